The fourth-order valence-corrected chi connectivity index (χ4v) is 3.69. The third-order valence-electron chi connectivity index (χ3n) is 2.49. The average Bonchev–Trinajstić information content (AvgIpc) is 2.32. The van der Waals surface area contributed by atoms with E-state index in [0.29, 0.717) is 0 Å². The highest BCUT2D eigenvalue weighted by molar-refractivity contribution is 6.76. The molecule has 0 radical (unpaired) electrons. The minimum absolute atomic E-state index is 0.725. The fraction of sp³-hybridized carbons (Fsp3) is 0.455. The summed E-state index contributed by atoms with van der Waals surface area (Å²) < 4.78 is 21.6. The molecule has 0 aliphatic heterocycles. The van der Waals surface area contributed by atoms with E-state index in [-0.39, 0.29) is 0 Å². The number of hydrogen-bond donors (Lipinski definition) is 0. The summed E-state index contributed by atoms with van der Waals surface area (Å²) in [4.78, 5) is 0. The lowest BCUT2D eigenvalue weighted by Crippen LogP contribution is -2.55. The Morgan fingerprint density at radius 3 is 1.94 bits per heavy atom. The lowest BCUT2D eigenvalue weighted by molar-refractivity contribution is 0.139. The van der Waals surface area contributed by atoms with Crippen molar-refractivity contribution in [3.05, 3.63) is 23.8 Å². The number of aryl methyl sites for hydroxylation is 1. The van der Waals surface area contributed by atoms with Crippen molar-refractivity contribution in [1.82, 2.24) is 0 Å². The van der Waals surface area contributed by atoms with Crippen LogP contribution in [0, 0.1) is 6.92 Å². The van der Waals surface area contributed by atoms with Gasteiger partial charge in [0, 0.05) is 21.3 Å². The topological polar surface area (TPSA) is 36.9 Å². The van der Waals surface area contributed by atoms with E-state index < -0.39 is 8.80 Å². The van der Waals surface area contributed by atoms with Gasteiger partial charge in [0.05, 0.1) is 12.3 Å². The van der Waals surface area contributed by atoms with Crippen LogP contribution >= 0.6 is 0 Å². The highest BCUT2D eigenvalue weighted by Crippen LogP contribution is 2.17. The molecule has 1 rings (SSSR count). The van der Waals surface area contributed by atoms with Crippen LogP contribution in [0.2, 0.25) is 0 Å². The van der Waals surface area contributed by atoms with E-state index in [1.54, 1.807) is 28.4 Å². The zero-order chi connectivity index (χ0) is 12.2. The Balaban J connectivity index is 3.32. The van der Waals surface area contributed by atoms with Gasteiger partial charge in [-0.3, -0.25) is 0 Å². The van der Waals surface area contributed by atoms with Gasteiger partial charge in [-0.1, -0.05) is 11.6 Å². The summed E-state index contributed by atoms with van der Waals surface area (Å²) >= 11 is 0. The Morgan fingerprint density at radius 2 is 1.50 bits per heavy atom. The van der Waals surface area contributed by atoms with E-state index in [2.05, 4.69) is 0 Å². The molecular weight excluding hydrogens is 224 g/mol. The standard InChI is InChI=1S/C11H18O4Si/c1-9-6-7-10(12-2)11(8-9)16(13-3,14-4)15-5/h6-8H,1-5H3. The van der Waals surface area contributed by atoms with Crippen LogP contribution < -0.4 is 9.92 Å². The molecule has 0 fully saturated rings. The third-order valence-corrected chi connectivity index (χ3v) is 5.15. The number of benzene rings is 1. The van der Waals surface area contributed by atoms with Gasteiger partial charge in [-0.05, 0) is 19.1 Å². The van der Waals surface area contributed by atoms with Gasteiger partial charge in [0.25, 0.3) is 0 Å². The van der Waals surface area contributed by atoms with Crippen molar-refractivity contribution in [1.29, 1.82) is 0 Å². The highest BCUT2D eigenvalue weighted by atomic mass is 28.4. The molecule has 0 unspecified atom stereocenters. The maximum atomic E-state index is 5.43. The molecule has 0 amide bonds. The molecule has 0 aliphatic rings. The maximum Gasteiger partial charge on any atom is 0.540 e. The van der Waals surface area contributed by atoms with Crippen molar-refractivity contribution in [2.45, 2.75) is 6.92 Å². The quantitative estimate of drug-likeness (QED) is 0.724. The predicted octanol–water partition coefficient (Wildman–Crippen LogP) is 1.09. The maximum absolute atomic E-state index is 5.43. The minimum Gasteiger partial charge on any atom is -0.497 e. The molecule has 1 aromatic rings. The van der Waals surface area contributed by atoms with Gasteiger partial charge < -0.3 is 18.0 Å². The van der Waals surface area contributed by atoms with Crippen molar-refractivity contribution in [2.75, 3.05) is 28.4 Å². The first-order valence-corrected chi connectivity index (χ1v) is 6.66. The van der Waals surface area contributed by atoms with Crippen molar-refractivity contribution in [2.24, 2.45) is 0 Å². The van der Waals surface area contributed by atoms with Gasteiger partial charge in [-0.15, -0.1) is 0 Å². The molecule has 16 heavy (non-hydrogen) atoms. The minimum atomic E-state index is -2.82. The van der Waals surface area contributed by atoms with E-state index in [4.69, 9.17) is 18.0 Å². The van der Waals surface area contributed by atoms with Gasteiger partial charge in [0.1, 0.15) is 5.75 Å². The van der Waals surface area contributed by atoms with E-state index in [0.717, 1.165) is 16.5 Å². The highest BCUT2D eigenvalue weighted by Gasteiger charge is 2.43. The van der Waals surface area contributed by atoms with Crippen LogP contribution in [0.15, 0.2) is 18.2 Å². The van der Waals surface area contributed by atoms with Gasteiger partial charge in [-0.25, -0.2) is 0 Å². The molecule has 0 N–H and O–H groups in total. The van der Waals surface area contributed by atoms with Gasteiger partial charge in [0.2, 0.25) is 0 Å². The lowest BCUT2D eigenvalue weighted by Gasteiger charge is -2.26. The molecule has 0 atom stereocenters. The second-order valence-corrected chi connectivity index (χ2v) is 6.25. The van der Waals surface area contributed by atoms with Crippen LogP contribution in [-0.2, 0) is 13.3 Å². The largest absolute Gasteiger partial charge is 0.540 e. The third kappa shape index (κ3) is 2.27. The Hall–Kier alpha value is -0.883. The SMILES string of the molecule is COc1ccc(C)cc1[Si](OC)(OC)OC. The summed E-state index contributed by atoms with van der Waals surface area (Å²) in [6.45, 7) is 2.00. The zero-order valence-electron chi connectivity index (χ0n) is 10.4. The summed E-state index contributed by atoms with van der Waals surface area (Å²) in [6.07, 6.45) is 0. The second kappa shape index (κ2) is 5.45. The summed E-state index contributed by atoms with van der Waals surface area (Å²) in [5.41, 5.74) is 1.11. The van der Waals surface area contributed by atoms with Crippen LogP contribution in [0.3, 0.4) is 0 Å². The second-order valence-electron chi connectivity index (χ2n) is 3.37. The lowest BCUT2D eigenvalue weighted by atomic mass is 10.2. The summed E-state index contributed by atoms with van der Waals surface area (Å²) in [5.74, 6) is 0.725. The van der Waals surface area contributed by atoms with Crippen LogP contribution in [0.4, 0.5) is 0 Å². The van der Waals surface area contributed by atoms with E-state index >= 15 is 0 Å². The summed E-state index contributed by atoms with van der Waals surface area (Å²) in [5, 5.41) is 0.850. The Bertz CT molecular complexity index is 342. The molecule has 1 aromatic carbocycles. The molecule has 0 saturated heterocycles. The molecule has 0 bridgehead atoms. The number of ether oxygens (including phenoxy) is 1. The van der Waals surface area contributed by atoms with Gasteiger partial charge in [0.15, 0.2) is 0 Å². The molecule has 90 valence electrons. The monoisotopic (exact) mass is 242 g/mol. The van der Waals surface area contributed by atoms with Crippen LogP contribution in [0.5, 0.6) is 5.75 Å². The Morgan fingerprint density at radius 1 is 0.938 bits per heavy atom. The molecule has 0 heterocycles. The molecule has 4 nitrogen and oxygen atoms in total. The Kier molecular flexibility index (Phi) is 4.49. The van der Waals surface area contributed by atoms with Gasteiger partial charge in [-0.2, -0.15) is 0 Å². The van der Waals surface area contributed by atoms with E-state index in [1.165, 1.54) is 0 Å². The number of methoxy groups -OCH3 is 1. The fourth-order valence-electron chi connectivity index (χ4n) is 1.64. The first kappa shape index (κ1) is 13.2. The molecule has 5 heteroatoms. The van der Waals surface area contributed by atoms with Crippen LogP contribution in [-0.4, -0.2) is 37.2 Å². The van der Waals surface area contributed by atoms with E-state index in [1.807, 2.05) is 25.1 Å². The van der Waals surface area contributed by atoms with Gasteiger partial charge >= 0.3 is 8.80 Å². The van der Waals surface area contributed by atoms with Crippen LogP contribution in [0.1, 0.15) is 5.56 Å². The van der Waals surface area contributed by atoms with Crippen LogP contribution in [0.25, 0.3) is 0 Å². The predicted molar refractivity (Wildman–Crippen MR) is 64.1 cm³/mol. The normalized spacial score (nSPS) is 11.6. The summed E-state index contributed by atoms with van der Waals surface area (Å²) in [7, 11) is 3.56. The molecule has 0 spiro atoms. The first-order valence-electron chi connectivity index (χ1n) is 4.94. The van der Waals surface area contributed by atoms with Crippen molar-refractivity contribution in [3.8, 4) is 5.75 Å². The molecule has 0 saturated carbocycles. The molecular formula is C11H18O4Si. The smallest absolute Gasteiger partial charge is 0.497 e. The average molecular weight is 242 g/mol. The summed E-state index contributed by atoms with van der Waals surface area (Å²) in [6, 6.07) is 5.84. The molecule has 0 aromatic heterocycles. The van der Waals surface area contributed by atoms with Crippen molar-refractivity contribution >= 4 is 14.0 Å². The van der Waals surface area contributed by atoms with Crippen molar-refractivity contribution in [3.63, 3.8) is 0 Å². The Labute approximate surface area is 97.5 Å². The number of rotatable bonds is 5. The zero-order valence-corrected chi connectivity index (χ0v) is 11.4. The van der Waals surface area contributed by atoms with Crippen molar-refractivity contribution < 1.29 is 18.0 Å². The first-order chi connectivity index (χ1) is 7.63. The number of hydrogen-bond acceptors (Lipinski definition) is 4. The molecule has 0 aliphatic carbocycles. The van der Waals surface area contributed by atoms with E-state index in [9.17, 15) is 0 Å².